The summed E-state index contributed by atoms with van der Waals surface area (Å²) in [6.07, 6.45) is 4.71. The second-order valence-electron chi connectivity index (χ2n) is 10.6. The number of aromatic amines is 2. The molecule has 184 valence electrons. The molecule has 4 aromatic rings. The Kier molecular flexibility index (Phi) is 4.85. The molecule has 1 saturated carbocycles. The quantitative estimate of drug-likeness (QED) is 0.357. The van der Waals surface area contributed by atoms with E-state index in [1.54, 1.807) is 6.07 Å². The molecular weight excluding hydrogens is 495 g/mol. The summed E-state index contributed by atoms with van der Waals surface area (Å²) in [7, 11) is 0. The highest BCUT2D eigenvalue weighted by Crippen LogP contribution is 2.55. The molecule has 4 N–H and O–H groups in total. The third-order valence-corrected chi connectivity index (χ3v) is 9.48. The van der Waals surface area contributed by atoms with E-state index in [9.17, 15) is 4.79 Å². The van der Waals surface area contributed by atoms with Crippen molar-refractivity contribution in [3.05, 3.63) is 85.2 Å². The van der Waals surface area contributed by atoms with E-state index in [1.165, 1.54) is 11.1 Å². The number of benzene rings is 2. The average Bonchev–Trinajstić information content (AvgIpc) is 3.49. The number of hydrogen-bond donors (Lipinski definition) is 3. The second kappa shape index (κ2) is 7.81. The summed E-state index contributed by atoms with van der Waals surface area (Å²) in [5.74, 6) is 0.584. The van der Waals surface area contributed by atoms with Crippen molar-refractivity contribution >= 4 is 40.2 Å². The lowest BCUT2D eigenvalue weighted by molar-refractivity contribution is 0.187. The molecule has 2 fully saturated rings. The Morgan fingerprint density at radius 3 is 2.53 bits per heavy atom. The van der Waals surface area contributed by atoms with E-state index in [2.05, 4.69) is 44.3 Å². The predicted octanol–water partition coefficient (Wildman–Crippen LogP) is 4.88. The Morgan fingerprint density at radius 1 is 1.03 bits per heavy atom. The van der Waals surface area contributed by atoms with Gasteiger partial charge in [-0.1, -0.05) is 53.5 Å². The molecule has 0 radical (unpaired) electrons. The molecule has 1 saturated heterocycles. The SMILES string of the molecule is N[C@@H]1c2ccccc2CC12CCN(c1nc3[nH]nc(C4(c5ccc(Cl)c(Cl)c5)CC4)c3c(=O)[nH]1)CC2. The maximum atomic E-state index is 13.4. The number of H-pyrrole nitrogens is 2. The number of aromatic nitrogens is 4. The molecule has 1 spiro atoms. The summed E-state index contributed by atoms with van der Waals surface area (Å²) in [5.41, 5.74) is 11.2. The maximum Gasteiger partial charge on any atom is 0.263 e. The van der Waals surface area contributed by atoms with Gasteiger partial charge >= 0.3 is 0 Å². The Balaban J connectivity index is 1.17. The fraction of sp³-hybridized carbons (Fsp3) is 0.370. The number of anilines is 1. The molecule has 0 unspecified atom stereocenters. The van der Waals surface area contributed by atoms with Crippen molar-refractivity contribution < 1.29 is 0 Å². The first kappa shape index (κ1) is 22.3. The summed E-state index contributed by atoms with van der Waals surface area (Å²) in [5, 5.41) is 9.14. The molecule has 1 aliphatic heterocycles. The van der Waals surface area contributed by atoms with Crippen molar-refractivity contribution in [2.75, 3.05) is 18.0 Å². The highest BCUT2D eigenvalue weighted by molar-refractivity contribution is 6.42. The number of rotatable bonds is 3. The van der Waals surface area contributed by atoms with Crippen LogP contribution in [0.2, 0.25) is 10.0 Å². The molecule has 3 aliphatic rings. The van der Waals surface area contributed by atoms with Crippen LogP contribution in [0, 0.1) is 5.41 Å². The zero-order valence-electron chi connectivity index (χ0n) is 19.7. The van der Waals surface area contributed by atoms with Gasteiger partial charge in [-0.15, -0.1) is 0 Å². The lowest BCUT2D eigenvalue weighted by Crippen LogP contribution is -2.45. The fourth-order valence-electron chi connectivity index (χ4n) is 6.47. The van der Waals surface area contributed by atoms with Crippen LogP contribution in [-0.4, -0.2) is 33.3 Å². The third-order valence-electron chi connectivity index (χ3n) is 8.74. The number of nitrogens with two attached hydrogens (primary N) is 1. The molecular formula is C27H26Cl2N6O. The minimum absolute atomic E-state index is 0.0524. The molecule has 7 rings (SSSR count). The summed E-state index contributed by atoms with van der Waals surface area (Å²) >= 11 is 12.4. The van der Waals surface area contributed by atoms with Gasteiger partial charge in [-0.2, -0.15) is 10.1 Å². The van der Waals surface area contributed by atoms with Gasteiger partial charge in [-0.3, -0.25) is 14.9 Å². The Hall–Kier alpha value is -2.87. The van der Waals surface area contributed by atoms with E-state index in [0.29, 0.717) is 27.0 Å². The third kappa shape index (κ3) is 3.19. The molecule has 2 aromatic carbocycles. The van der Waals surface area contributed by atoms with E-state index < -0.39 is 0 Å². The Labute approximate surface area is 218 Å². The van der Waals surface area contributed by atoms with Crippen molar-refractivity contribution in [2.45, 2.75) is 43.6 Å². The van der Waals surface area contributed by atoms with Crippen LogP contribution < -0.4 is 16.2 Å². The highest BCUT2D eigenvalue weighted by Gasteiger charge is 2.50. The second-order valence-corrected chi connectivity index (χ2v) is 11.4. The van der Waals surface area contributed by atoms with E-state index in [0.717, 1.165) is 56.5 Å². The minimum Gasteiger partial charge on any atom is -0.342 e. The predicted molar refractivity (Wildman–Crippen MR) is 142 cm³/mol. The van der Waals surface area contributed by atoms with Crippen LogP contribution in [0.25, 0.3) is 11.0 Å². The van der Waals surface area contributed by atoms with Crippen LogP contribution in [0.4, 0.5) is 5.95 Å². The highest BCUT2D eigenvalue weighted by atomic mass is 35.5. The Morgan fingerprint density at radius 2 is 1.81 bits per heavy atom. The number of nitrogens with zero attached hydrogens (tertiary/aromatic N) is 3. The molecule has 3 heterocycles. The van der Waals surface area contributed by atoms with Crippen molar-refractivity contribution in [2.24, 2.45) is 11.1 Å². The molecule has 0 bridgehead atoms. The summed E-state index contributed by atoms with van der Waals surface area (Å²) in [6.45, 7) is 1.59. The normalized spacial score (nSPS) is 21.8. The van der Waals surface area contributed by atoms with Crippen LogP contribution in [0.3, 0.4) is 0 Å². The van der Waals surface area contributed by atoms with Crippen LogP contribution >= 0.6 is 23.2 Å². The fourth-order valence-corrected chi connectivity index (χ4v) is 6.77. The van der Waals surface area contributed by atoms with E-state index in [1.807, 2.05) is 12.1 Å². The smallest absolute Gasteiger partial charge is 0.263 e. The van der Waals surface area contributed by atoms with Crippen LogP contribution in [0.15, 0.2) is 47.3 Å². The molecule has 0 amide bonds. The van der Waals surface area contributed by atoms with Gasteiger partial charge in [0.2, 0.25) is 5.95 Å². The monoisotopic (exact) mass is 520 g/mol. The average molecular weight is 521 g/mol. The maximum absolute atomic E-state index is 13.4. The van der Waals surface area contributed by atoms with Crippen molar-refractivity contribution in [1.82, 2.24) is 20.2 Å². The lowest BCUT2D eigenvalue weighted by atomic mass is 9.73. The standard InChI is InChI=1S/C27H26Cl2N6O/c28-18-6-5-16(13-19(18)29)27(7-8-27)22-20-23(34-33-22)31-25(32-24(20)36)35-11-9-26(10-12-35)14-15-3-1-2-4-17(15)21(26)30/h1-6,13,21H,7-12,14,30H2,(H2,31,32,33,34,36)/t21-/m1/s1. The topological polar surface area (TPSA) is 104 Å². The zero-order valence-corrected chi connectivity index (χ0v) is 21.2. The van der Waals surface area contributed by atoms with Crippen molar-refractivity contribution in [1.29, 1.82) is 0 Å². The Bertz CT molecular complexity index is 1560. The van der Waals surface area contributed by atoms with Crippen molar-refractivity contribution in [3.8, 4) is 0 Å². The number of piperidine rings is 1. The van der Waals surface area contributed by atoms with E-state index >= 15 is 0 Å². The van der Waals surface area contributed by atoms with Gasteiger partial charge in [-0.05, 0) is 66.3 Å². The summed E-state index contributed by atoms with van der Waals surface area (Å²) in [4.78, 5) is 23.4. The molecule has 9 heteroatoms. The molecule has 36 heavy (non-hydrogen) atoms. The minimum atomic E-state index is -0.339. The molecule has 2 aromatic heterocycles. The van der Waals surface area contributed by atoms with Crippen molar-refractivity contribution in [3.63, 3.8) is 0 Å². The summed E-state index contributed by atoms with van der Waals surface area (Å²) < 4.78 is 0. The number of nitrogens with one attached hydrogen (secondary N) is 2. The van der Waals surface area contributed by atoms with Crippen LogP contribution in [-0.2, 0) is 11.8 Å². The molecule has 1 atom stereocenters. The van der Waals surface area contributed by atoms with Crippen LogP contribution in [0.5, 0.6) is 0 Å². The van der Waals surface area contributed by atoms with Gasteiger partial charge in [0, 0.05) is 24.5 Å². The first-order valence-corrected chi connectivity index (χ1v) is 13.2. The zero-order chi connectivity index (χ0) is 24.7. The first-order chi connectivity index (χ1) is 17.4. The lowest BCUT2D eigenvalue weighted by Gasteiger charge is -2.42. The van der Waals surface area contributed by atoms with E-state index in [-0.39, 0.29) is 22.4 Å². The molecule has 2 aliphatic carbocycles. The van der Waals surface area contributed by atoms with Gasteiger partial charge in [-0.25, -0.2) is 0 Å². The number of fused-ring (bicyclic) bond motifs is 2. The largest absolute Gasteiger partial charge is 0.342 e. The first-order valence-electron chi connectivity index (χ1n) is 12.4. The van der Waals surface area contributed by atoms with Gasteiger partial charge in [0.1, 0.15) is 5.39 Å². The van der Waals surface area contributed by atoms with Crippen LogP contribution in [0.1, 0.15) is 54.1 Å². The van der Waals surface area contributed by atoms with Gasteiger partial charge in [0.05, 0.1) is 15.7 Å². The summed E-state index contributed by atoms with van der Waals surface area (Å²) in [6, 6.07) is 14.2. The van der Waals surface area contributed by atoms with E-state index in [4.69, 9.17) is 33.9 Å². The number of halogens is 2. The number of hydrogen-bond acceptors (Lipinski definition) is 5. The molecule has 7 nitrogen and oxygen atoms in total. The van der Waals surface area contributed by atoms with Gasteiger partial charge in [0.25, 0.3) is 5.56 Å². The van der Waals surface area contributed by atoms with Gasteiger partial charge in [0.15, 0.2) is 5.65 Å². The van der Waals surface area contributed by atoms with Gasteiger partial charge < -0.3 is 10.6 Å².